The van der Waals surface area contributed by atoms with Gasteiger partial charge in [0.1, 0.15) is 11.3 Å². The second-order valence-electron chi connectivity index (χ2n) is 9.18. The van der Waals surface area contributed by atoms with E-state index in [4.69, 9.17) is 4.98 Å². The fourth-order valence-corrected chi connectivity index (χ4v) is 5.11. The molecule has 7 heteroatoms. The van der Waals surface area contributed by atoms with Gasteiger partial charge in [0.15, 0.2) is 5.65 Å². The summed E-state index contributed by atoms with van der Waals surface area (Å²) in [6.07, 6.45) is 8.74. The molecular weight excluding hydrogens is 374 g/mol. The van der Waals surface area contributed by atoms with Gasteiger partial charge in [0, 0.05) is 43.8 Å². The largest absolute Gasteiger partial charge is 0.339 e. The Balaban J connectivity index is 1.13. The van der Waals surface area contributed by atoms with Crippen LogP contribution < -0.4 is 0 Å². The highest BCUT2D eigenvalue weighted by Gasteiger charge is 2.30. The lowest BCUT2D eigenvalue weighted by molar-refractivity contribution is 0.0834. The molecule has 2 aliphatic rings. The summed E-state index contributed by atoms with van der Waals surface area (Å²) in [4.78, 5) is 18.2. The Hall–Kier alpha value is -2.25. The smallest absolute Gasteiger partial charge is 0.176 e. The molecule has 0 atom stereocenters. The minimum Gasteiger partial charge on any atom is -0.339 e. The van der Waals surface area contributed by atoms with Crippen molar-refractivity contribution in [2.24, 2.45) is 0 Å². The molecule has 0 saturated carbocycles. The van der Waals surface area contributed by atoms with Gasteiger partial charge >= 0.3 is 0 Å². The van der Waals surface area contributed by atoms with E-state index in [2.05, 4.69) is 50.8 Å². The summed E-state index contributed by atoms with van der Waals surface area (Å²) in [5.74, 6) is 1.69. The van der Waals surface area contributed by atoms with Gasteiger partial charge in [-0.25, -0.2) is 9.67 Å². The molecule has 0 radical (unpaired) electrons. The lowest BCUT2D eigenvalue weighted by Gasteiger charge is -2.41. The van der Waals surface area contributed by atoms with Gasteiger partial charge in [-0.05, 0) is 64.8 Å². The summed E-state index contributed by atoms with van der Waals surface area (Å²) in [5.41, 5.74) is 3.26. The molecule has 5 heterocycles. The van der Waals surface area contributed by atoms with Crippen molar-refractivity contribution in [3.63, 3.8) is 0 Å². The molecule has 5 rings (SSSR count). The van der Waals surface area contributed by atoms with E-state index in [1.807, 2.05) is 23.1 Å². The Morgan fingerprint density at radius 2 is 1.87 bits per heavy atom. The van der Waals surface area contributed by atoms with Crippen LogP contribution in [0.25, 0.3) is 11.2 Å². The molecular formula is C23H33N7. The Bertz CT molecular complexity index is 945. The molecule has 0 amide bonds. The molecule has 30 heavy (non-hydrogen) atoms. The van der Waals surface area contributed by atoms with Crippen LogP contribution in [0.1, 0.15) is 63.0 Å². The summed E-state index contributed by atoms with van der Waals surface area (Å²) in [7, 11) is 0. The first-order chi connectivity index (χ1) is 14.7. The van der Waals surface area contributed by atoms with Gasteiger partial charge in [0.05, 0.1) is 11.9 Å². The summed E-state index contributed by atoms with van der Waals surface area (Å²) in [5, 5.41) is 4.45. The lowest BCUT2D eigenvalue weighted by Crippen LogP contribution is -2.47. The first-order valence-corrected chi connectivity index (χ1v) is 11.5. The Morgan fingerprint density at radius 3 is 2.57 bits per heavy atom. The monoisotopic (exact) mass is 407 g/mol. The predicted molar refractivity (Wildman–Crippen MR) is 118 cm³/mol. The SMILES string of the molecule is CC(C)n1ncc2[nH]c(C3CCN(C4CCN(Cc5ccccn5)CC4)CC3)nc21. The van der Waals surface area contributed by atoms with Crippen LogP contribution in [0.3, 0.4) is 0 Å². The zero-order valence-corrected chi connectivity index (χ0v) is 18.2. The number of H-pyrrole nitrogens is 1. The Labute approximate surface area is 178 Å². The van der Waals surface area contributed by atoms with E-state index in [1.165, 1.54) is 57.6 Å². The van der Waals surface area contributed by atoms with E-state index in [0.717, 1.165) is 29.6 Å². The van der Waals surface area contributed by atoms with E-state index in [9.17, 15) is 0 Å². The molecule has 1 N–H and O–H groups in total. The third-order valence-corrected chi connectivity index (χ3v) is 6.85. The highest BCUT2D eigenvalue weighted by Crippen LogP contribution is 2.30. The first-order valence-electron chi connectivity index (χ1n) is 11.5. The Kier molecular flexibility index (Phi) is 5.56. The standard InChI is InChI=1S/C23H33N7/c1-17(2)30-23-21(15-25-30)26-22(27-23)18-6-13-29(14-7-18)20-8-11-28(12-9-20)16-19-5-3-4-10-24-19/h3-5,10,15,17-18,20H,6-9,11-14,16H2,1-2H3,(H,26,27). The number of nitrogens with one attached hydrogen (secondary N) is 1. The number of rotatable bonds is 5. The number of imidazole rings is 1. The maximum Gasteiger partial charge on any atom is 0.176 e. The molecule has 7 nitrogen and oxygen atoms in total. The summed E-state index contributed by atoms with van der Waals surface area (Å²) in [6.45, 7) is 10.0. The molecule has 0 aliphatic carbocycles. The second kappa shape index (κ2) is 8.47. The van der Waals surface area contributed by atoms with Crippen molar-refractivity contribution >= 4 is 11.2 Å². The number of aromatic amines is 1. The number of piperidine rings is 2. The number of nitrogens with zero attached hydrogens (tertiary/aromatic N) is 6. The van der Waals surface area contributed by atoms with Crippen LogP contribution in [-0.4, -0.2) is 66.8 Å². The number of likely N-dealkylation sites (tertiary alicyclic amines) is 2. The molecule has 0 bridgehead atoms. The van der Waals surface area contributed by atoms with Crippen molar-refractivity contribution in [2.45, 2.75) is 64.1 Å². The Morgan fingerprint density at radius 1 is 1.07 bits per heavy atom. The van der Waals surface area contributed by atoms with Gasteiger partial charge in [-0.2, -0.15) is 5.10 Å². The lowest BCUT2D eigenvalue weighted by atomic mass is 9.93. The van der Waals surface area contributed by atoms with Crippen molar-refractivity contribution in [1.29, 1.82) is 0 Å². The zero-order valence-electron chi connectivity index (χ0n) is 18.2. The van der Waals surface area contributed by atoms with Crippen LogP contribution >= 0.6 is 0 Å². The van der Waals surface area contributed by atoms with Crippen molar-refractivity contribution in [3.05, 3.63) is 42.1 Å². The second-order valence-corrected chi connectivity index (χ2v) is 9.18. The minimum absolute atomic E-state index is 0.337. The van der Waals surface area contributed by atoms with Gasteiger partial charge in [-0.15, -0.1) is 0 Å². The number of fused-ring (bicyclic) bond motifs is 1. The molecule has 2 saturated heterocycles. The summed E-state index contributed by atoms with van der Waals surface area (Å²) >= 11 is 0. The molecule has 3 aromatic heterocycles. The topological polar surface area (TPSA) is 65.9 Å². The normalized spacial score (nSPS) is 20.5. The number of pyridine rings is 1. The van der Waals surface area contributed by atoms with Gasteiger partial charge in [-0.1, -0.05) is 6.07 Å². The summed E-state index contributed by atoms with van der Waals surface area (Å²) < 4.78 is 2.02. The molecule has 0 unspecified atom stereocenters. The molecule has 0 spiro atoms. The van der Waals surface area contributed by atoms with E-state index < -0.39 is 0 Å². The van der Waals surface area contributed by atoms with Crippen LogP contribution in [0.5, 0.6) is 0 Å². The van der Waals surface area contributed by atoms with Gasteiger partial charge in [-0.3, -0.25) is 9.88 Å². The van der Waals surface area contributed by atoms with Crippen LogP contribution in [0.4, 0.5) is 0 Å². The molecule has 2 fully saturated rings. The van der Waals surface area contributed by atoms with Crippen molar-refractivity contribution < 1.29 is 0 Å². The van der Waals surface area contributed by atoms with Crippen molar-refractivity contribution in [2.75, 3.05) is 26.2 Å². The fraction of sp³-hybridized carbons (Fsp3) is 0.609. The molecule has 2 aliphatic heterocycles. The van der Waals surface area contributed by atoms with E-state index in [-0.39, 0.29) is 0 Å². The van der Waals surface area contributed by atoms with E-state index >= 15 is 0 Å². The summed E-state index contributed by atoms with van der Waals surface area (Å²) in [6, 6.07) is 7.28. The average molecular weight is 408 g/mol. The zero-order chi connectivity index (χ0) is 20.5. The number of aromatic nitrogens is 5. The third-order valence-electron chi connectivity index (χ3n) is 6.85. The molecule has 0 aromatic carbocycles. The minimum atomic E-state index is 0.337. The van der Waals surface area contributed by atoms with Gasteiger partial charge < -0.3 is 9.88 Å². The van der Waals surface area contributed by atoms with Crippen LogP contribution in [0, 0.1) is 0 Å². The highest BCUT2D eigenvalue weighted by molar-refractivity contribution is 5.70. The predicted octanol–water partition coefficient (Wildman–Crippen LogP) is 3.58. The maximum atomic E-state index is 4.92. The van der Waals surface area contributed by atoms with Gasteiger partial charge in [0.2, 0.25) is 0 Å². The van der Waals surface area contributed by atoms with E-state index in [0.29, 0.717) is 12.0 Å². The highest BCUT2D eigenvalue weighted by atomic mass is 15.3. The quantitative estimate of drug-likeness (QED) is 0.700. The van der Waals surface area contributed by atoms with Crippen LogP contribution in [-0.2, 0) is 6.54 Å². The van der Waals surface area contributed by atoms with Gasteiger partial charge in [0.25, 0.3) is 0 Å². The maximum absolute atomic E-state index is 4.92. The fourth-order valence-electron chi connectivity index (χ4n) is 5.11. The number of hydrogen-bond donors (Lipinski definition) is 1. The molecule has 3 aromatic rings. The first kappa shape index (κ1) is 19.7. The van der Waals surface area contributed by atoms with E-state index in [1.54, 1.807) is 0 Å². The average Bonchev–Trinajstić information content (AvgIpc) is 3.36. The van der Waals surface area contributed by atoms with Crippen LogP contribution in [0.2, 0.25) is 0 Å². The van der Waals surface area contributed by atoms with Crippen molar-refractivity contribution in [1.82, 2.24) is 34.5 Å². The third kappa shape index (κ3) is 4.01. The molecule has 160 valence electrons. The van der Waals surface area contributed by atoms with Crippen molar-refractivity contribution in [3.8, 4) is 0 Å². The van der Waals surface area contributed by atoms with Crippen LogP contribution in [0.15, 0.2) is 30.6 Å². The number of hydrogen-bond acceptors (Lipinski definition) is 5.